The fourth-order valence-electron chi connectivity index (χ4n) is 0.984. The Bertz CT molecular complexity index is 337. The highest BCUT2D eigenvalue weighted by atomic mass is 35.5. The lowest BCUT2D eigenvalue weighted by Gasteiger charge is -2.03. The van der Waals surface area contributed by atoms with Gasteiger partial charge in [0.2, 0.25) is 0 Å². The molecule has 0 atom stereocenters. The molecule has 0 saturated carbocycles. The van der Waals surface area contributed by atoms with Crippen molar-refractivity contribution in [1.29, 1.82) is 0 Å². The third-order valence-corrected chi connectivity index (χ3v) is 2.23. The van der Waals surface area contributed by atoms with Crippen LogP contribution in [-0.2, 0) is 4.74 Å². The fourth-order valence-corrected chi connectivity index (χ4v) is 1.38. The first kappa shape index (κ1) is 11.5. The van der Waals surface area contributed by atoms with Gasteiger partial charge in [-0.25, -0.2) is 0 Å². The molecule has 1 aromatic carbocycles. The molecule has 1 aromatic rings. The Morgan fingerprint density at radius 1 is 1.43 bits per heavy atom. The van der Waals surface area contributed by atoms with E-state index in [9.17, 15) is 4.79 Å². The number of rotatable bonds is 4. The van der Waals surface area contributed by atoms with E-state index < -0.39 is 0 Å². The van der Waals surface area contributed by atoms with Gasteiger partial charge in [-0.1, -0.05) is 23.2 Å². The maximum Gasteiger partial charge on any atom is 0.190 e. The van der Waals surface area contributed by atoms with Crippen molar-refractivity contribution in [3.8, 4) is 0 Å². The molecule has 0 aliphatic carbocycles. The van der Waals surface area contributed by atoms with Gasteiger partial charge in [0.05, 0.1) is 5.02 Å². The zero-order valence-electron chi connectivity index (χ0n) is 7.72. The number of Topliss-reactive ketones (excluding diaryl/α,β-unsaturated/α-hetero) is 1. The van der Waals surface area contributed by atoms with E-state index in [1.54, 1.807) is 18.2 Å². The van der Waals surface area contributed by atoms with Crippen molar-refractivity contribution in [3.63, 3.8) is 0 Å². The molecule has 76 valence electrons. The lowest BCUT2D eigenvalue weighted by Crippen LogP contribution is -2.09. The molecule has 4 heteroatoms. The minimum absolute atomic E-state index is 0.0383. The van der Waals surface area contributed by atoms with Gasteiger partial charge in [-0.05, 0) is 25.1 Å². The van der Waals surface area contributed by atoms with Gasteiger partial charge in [0.25, 0.3) is 0 Å². The van der Waals surface area contributed by atoms with Gasteiger partial charge >= 0.3 is 0 Å². The van der Waals surface area contributed by atoms with Crippen molar-refractivity contribution >= 4 is 29.0 Å². The number of hydrogen-bond acceptors (Lipinski definition) is 2. The van der Waals surface area contributed by atoms with E-state index in [0.29, 0.717) is 22.2 Å². The number of halogens is 2. The van der Waals surface area contributed by atoms with Gasteiger partial charge in [-0.15, -0.1) is 0 Å². The highest BCUT2D eigenvalue weighted by Crippen LogP contribution is 2.20. The Balaban J connectivity index is 2.83. The molecule has 0 amide bonds. The van der Waals surface area contributed by atoms with Gasteiger partial charge in [0, 0.05) is 17.2 Å². The molecule has 2 nitrogen and oxygen atoms in total. The fraction of sp³-hybridized carbons (Fsp3) is 0.300. The summed E-state index contributed by atoms with van der Waals surface area (Å²) in [4.78, 5) is 11.5. The molecule has 0 aliphatic heterocycles. The molecular weight excluding hydrogens is 223 g/mol. The van der Waals surface area contributed by atoms with Crippen LogP contribution in [0.15, 0.2) is 18.2 Å². The molecular formula is C10H10Cl2O2. The average molecular weight is 233 g/mol. The molecule has 0 bridgehead atoms. The highest BCUT2D eigenvalue weighted by molar-refractivity contribution is 6.35. The van der Waals surface area contributed by atoms with E-state index in [0.717, 1.165) is 0 Å². The molecule has 0 aliphatic rings. The minimum Gasteiger partial charge on any atom is -0.374 e. The second-order valence-corrected chi connectivity index (χ2v) is 3.53. The molecule has 14 heavy (non-hydrogen) atoms. The summed E-state index contributed by atoms with van der Waals surface area (Å²) in [7, 11) is 0. The van der Waals surface area contributed by atoms with E-state index in [4.69, 9.17) is 27.9 Å². The first-order chi connectivity index (χ1) is 6.65. The van der Waals surface area contributed by atoms with Crippen molar-refractivity contribution in [2.45, 2.75) is 6.92 Å². The maximum absolute atomic E-state index is 11.5. The molecule has 0 spiro atoms. The second kappa shape index (κ2) is 5.35. The molecule has 0 unspecified atom stereocenters. The van der Waals surface area contributed by atoms with E-state index in [2.05, 4.69) is 0 Å². The lowest BCUT2D eigenvalue weighted by molar-refractivity contribution is 0.0783. The molecule has 0 fully saturated rings. The van der Waals surface area contributed by atoms with E-state index in [-0.39, 0.29) is 12.4 Å². The monoisotopic (exact) mass is 232 g/mol. The summed E-state index contributed by atoms with van der Waals surface area (Å²) >= 11 is 11.6. The van der Waals surface area contributed by atoms with E-state index >= 15 is 0 Å². The van der Waals surface area contributed by atoms with Crippen molar-refractivity contribution in [2.75, 3.05) is 13.2 Å². The number of carbonyl (C=O) groups is 1. The SMILES string of the molecule is CCOCC(=O)c1cc(Cl)ccc1Cl. The van der Waals surface area contributed by atoms with Gasteiger partial charge in [-0.2, -0.15) is 0 Å². The van der Waals surface area contributed by atoms with Crippen LogP contribution in [0.1, 0.15) is 17.3 Å². The van der Waals surface area contributed by atoms with E-state index in [1.807, 2.05) is 6.92 Å². The number of ether oxygens (including phenoxy) is 1. The van der Waals surface area contributed by atoms with Gasteiger partial charge in [-0.3, -0.25) is 4.79 Å². The van der Waals surface area contributed by atoms with Crippen molar-refractivity contribution in [2.24, 2.45) is 0 Å². The molecule has 0 radical (unpaired) electrons. The predicted octanol–water partition coefficient (Wildman–Crippen LogP) is 3.21. The average Bonchev–Trinajstić information content (AvgIpc) is 2.18. The van der Waals surface area contributed by atoms with Crippen LogP contribution in [0.3, 0.4) is 0 Å². The summed E-state index contributed by atoms with van der Waals surface area (Å²) in [5, 5.41) is 0.897. The molecule has 0 heterocycles. The first-order valence-corrected chi connectivity index (χ1v) is 4.96. The Morgan fingerprint density at radius 3 is 2.79 bits per heavy atom. The van der Waals surface area contributed by atoms with Crippen LogP contribution in [-0.4, -0.2) is 19.0 Å². The van der Waals surface area contributed by atoms with Crippen LogP contribution in [0.5, 0.6) is 0 Å². The number of carbonyl (C=O) groups excluding carboxylic acids is 1. The summed E-state index contributed by atoms with van der Waals surface area (Å²) in [5.74, 6) is -0.153. The zero-order valence-corrected chi connectivity index (χ0v) is 9.23. The van der Waals surface area contributed by atoms with Gasteiger partial charge in [0.15, 0.2) is 5.78 Å². The van der Waals surface area contributed by atoms with Crippen molar-refractivity contribution < 1.29 is 9.53 Å². The number of ketones is 1. The first-order valence-electron chi connectivity index (χ1n) is 4.21. The summed E-state index contributed by atoms with van der Waals surface area (Å²) in [6, 6.07) is 4.79. The molecule has 0 saturated heterocycles. The minimum atomic E-state index is -0.153. The van der Waals surface area contributed by atoms with Crippen LogP contribution in [0.4, 0.5) is 0 Å². The number of benzene rings is 1. The molecule has 0 aromatic heterocycles. The summed E-state index contributed by atoms with van der Waals surface area (Å²) in [6.07, 6.45) is 0. The Labute approximate surface area is 92.8 Å². The Hall–Kier alpha value is -0.570. The largest absolute Gasteiger partial charge is 0.374 e. The zero-order chi connectivity index (χ0) is 10.6. The topological polar surface area (TPSA) is 26.3 Å². The second-order valence-electron chi connectivity index (χ2n) is 2.68. The normalized spacial score (nSPS) is 10.2. The Kier molecular flexibility index (Phi) is 4.39. The van der Waals surface area contributed by atoms with Crippen LogP contribution in [0, 0.1) is 0 Å². The van der Waals surface area contributed by atoms with Crippen molar-refractivity contribution in [3.05, 3.63) is 33.8 Å². The highest BCUT2D eigenvalue weighted by Gasteiger charge is 2.10. The van der Waals surface area contributed by atoms with Gasteiger partial charge in [0.1, 0.15) is 6.61 Å². The van der Waals surface area contributed by atoms with Crippen LogP contribution in [0.25, 0.3) is 0 Å². The smallest absolute Gasteiger partial charge is 0.190 e. The lowest BCUT2D eigenvalue weighted by atomic mass is 10.1. The van der Waals surface area contributed by atoms with Crippen LogP contribution in [0.2, 0.25) is 10.0 Å². The quantitative estimate of drug-likeness (QED) is 0.746. The van der Waals surface area contributed by atoms with Crippen LogP contribution >= 0.6 is 23.2 Å². The number of hydrogen-bond donors (Lipinski definition) is 0. The van der Waals surface area contributed by atoms with Crippen molar-refractivity contribution in [1.82, 2.24) is 0 Å². The van der Waals surface area contributed by atoms with E-state index in [1.165, 1.54) is 0 Å². The third kappa shape index (κ3) is 2.98. The summed E-state index contributed by atoms with van der Waals surface area (Å²) in [5.41, 5.74) is 0.410. The predicted molar refractivity (Wildman–Crippen MR) is 57.3 cm³/mol. The summed E-state index contributed by atoms with van der Waals surface area (Å²) in [6.45, 7) is 2.37. The standard InChI is InChI=1S/C10H10Cl2O2/c1-2-14-6-10(13)8-5-7(11)3-4-9(8)12/h3-5H,2,6H2,1H3. The summed E-state index contributed by atoms with van der Waals surface area (Å²) < 4.78 is 4.99. The molecule has 1 rings (SSSR count). The Morgan fingerprint density at radius 2 is 2.14 bits per heavy atom. The molecule has 0 N–H and O–H groups in total. The third-order valence-electron chi connectivity index (χ3n) is 1.67. The van der Waals surface area contributed by atoms with Crippen LogP contribution < -0.4 is 0 Å². The maximum atomic E-state index is 11.5. The van der Waals surface area contributed by atoms with Gasteiger partial charge < -0.3 is 4.74 Å².